The van der Waals surface area contributed by atoms with E-state index in [4.69, 9.17) is 9.47 Å². The Balaban J connectivity index is 2.74. The number of amides is 2. The Morgan fingerprint density at radius 2 is 1.74 bits per heavy atom. The Morgan fingerprint density at radius 3 is 2.22 bits per heavy atom. The Bertz CT molecular complexity index is 608. The van der Waals surface area contributed by atoms with Crippen molar-refractivity contribution in [2.24, 2.45) is 5.92 Å². The maximum absolute atomic E-state index is 12.7. The minimum absolute atomic E-state index is 0.0297. The molecule has 6 nitrogen and oxygen atoms in total. The van der Waals surface area contributed by atoms with E-state index in [1.807, 2.05) is 45.0 Å². The molecule has 0 saturated carbocycles. The van der Waals surface area contributed by atoms with Gasteiger partial charge in [-0.1, -0.05) is 50.1 Å². The summed E-state index contributed by atoms with van der Waals surface area (Å²) in [4.78, 5) is 24.8. The molecule has 0 radical (unpaired) electrons. The first kappa shape index (κ1) is 23.0. The molecule has 3 unspecified atom stereocenters. The zero-order valence-corrected chi connectivity index (χ0v) is 17.6. The van der Waals surface area contributed by atoms with Gasteiger partial charge in [-0.15, -0.1) is 0 Å². The molecule has 0 aliphatic carbocycles. The largest absolute Gasteiger partial charge is 0.444 e. The molecule has 0 saturated heterocycles. The van der Waals surface area contributed by atoms with Gasteiger partial charge in [0.1, 0.15) is 11.6 Å². The number of rotatable bonds is 8. The summed E-state index contributed by atoms with van der Waals surface area (Å²) in [5.74, 6) is -0.276. The van der Waals surface area contributed by atoms with Crippen LogP contribution in [0.3, 0.4) is 0 Å². The second kappa shape index (κ2) is 10.3. The number of carbonyl (C=O) groups excluding carboxylic acids is 2. The van der Waals surface area contributed by atoms with E-state index in [1.54, 1.807) is 27.9 Å². The lowest BCUT2D eigenvalue weighted by molar-refractivity contribution is -0.125. The molecule has 0 aliphatic heterocycles. The lowest BCUT2D eigenvalue weighted by atomic mass is 9.98. The number of hydrogen-bond acceptors (Lipinski definition) is 4. The third kappa shape index (κ3) is 7.99. The number of methoxy groups -OCH3 is 1. The summed E-state index contributed by atoms with van der Waals surface area (Å²) < 4.78 is 10.8. The Kier molecular flexibility index (Phi) is 8.76. The Hall–Kier alpha value is -2.08. The van der Waals surface area contributed by atoms with Crippen LogP contribution in [0.2, 0.25) is 0 Å². The average Bonchev–Trinajstić information content (AvgIpc) is 2.59. The van der Waals surface area contributed by atoms with Crippen molar-refractivity contribution in [3.05, 3.63) is 35.4 Å². The molecule has 2 N–H and O–H groups in total. The number of hydrogen-bond donors (Lipinski definition) is 2. The first-order chi connectivity index (χ1) is 12.6. The molecule has 0 heterocycles. The zero-order chi connectivity index (χ0) is 20.6. The van der Waals surface area contributed by atoms with Crippen molar-refractivity contribution >= 4 is 12.0 Å². The van der Waals surface area contributed by atoms with Crippen LogP contribution in [0, 0.1) is 12.8 Å². The normalized spacial score (nSPS) is 14.8. The van der Waals surface area contributed by atoms with E-state index in [2.05, 4.69) is 10.6 Å². The number of alkyl carbamates (subject to hydrolysis) is 1. The fraction of sp³-hybridized carbons (Fsp3) is 0.619. The first-order valence-corrected chi connectivity index (χ1v) is 9.44. The van der Waals surface area contributed by atoms with Crippen molar-refractivity contribution in [2.75, 3.05) is 13.7 Å². The number of carbonyl (C=O) groups is 2. The highest BCUT2D eigenvalue weighted by Gasteiger charge is 2.28. The van der Waals surface area contributed by atoms with Gasteiger partial charge in [0.2, 0.25) is 5.91 Å². The molecule has 152 valence electrons. The molecule has 0 aromatic heterocycles. The van der Waals surface area contributed by atoms with E-state index < -0.39 is 17.7 Å². The summed E-state index contributed by atoms with van der Waals surface area (Å²) in [6.45, 7) is 11.6. The predicted octanol–water partition coefficient (Wildman–Crippen LogP) is 3.74. The summed E-state index contributed by atoms with van der Waals surface area (Å²) in [7, 11) is 1.61. The lowest BCUT2D eigenvalue weighted by Gasteiger charge is -2.27. The van der Waals surface area contributed by atoms with E-state index in [0.29, 0.717) is 6.54 Å². The predicted molar refractivity (Wildman–Crippen MR) is 107 cm³/mol. The van der Waals surface area contributed by atoms with Crippen molar-refractivity contribution in [2.45, 2.75) is 65.7 Å². The topological polar surface area (TPSA) is 76.7 Å². The summed E-state index contributed by atoms with van der Waals surface area (Å²) >= 11 is 0. The van der Waals surface area contributed by atoms with Crippen LogP contribution < -0.4 is 10.6 Å². The van der Waals surface area contributed by atoms with E-state index in [1.165, 1.54) is 0 Å². The van der Waals surface area contributed by atoms with Gasteiger partial charge < -0.3 is 20.1 Å². The molecular formula is C21H34N2O4. The highest BCUT2D eigenvalue weighted by molar-refractivity contribution is 5.86. The van der Waals surface area contributed by atoms with Crippen LogP contribution in [0.1, 0.15) is 58.3 Å². The summed E-state index contributed by atoms with van der Waals surface area (Å²) in [6, 6.07) is 7.33. The van der Waals surface area contributed by atoms with Crippen molar-refractivity contribution in [3.63, 3.8) is 0 Å². The number of nitrogens with one attached hydrogen (secondary N) is 2. The quantitative estimate of drug-likeness (QED) is 0.722. The van der Waals surface area contributed by atoms with E-state index in [-0.39, 0.29) is 17.9 Å². The second-order valence-electron chi connectivity index (χ2n) is 7.89. The molecule has 2 amide bonds. The van der Waals surface area contributed by atoms with Crippen LogP contribution in [-0.4, -0.2) is 37.3 Å². The van der Waals surface area contributed by atoms with Gasteiger partial charge in [-0.25, -0.2) is 4.79 Å². The summed E-state index contributed by atoms with van der Waals surface area (Å²) in [5.41, 5.74) is 1.53. The van der Waals surface area contributed by atoms with E-state index >= 15 is 0 Å². The van der Waals surface area contributed by atoms with Crippen molar-refractivity contribution < 1.29 is 19.1 Å². The number of benzene rings is 1. The molecule has 1 aromatic carbocycles. The summed E-state index contributed by atoms with van der Waals surface area (Å²) in [5, 5.41) is 5.60. The zero-order valence-electron chi connectivity index (χ0n) is 17.6. The monoisotopic (exact) mass is 378 g/mol. The van der Waals surface area contributed by atoms with Gasteiger partial charge >= 0.3 is 6.09 Å². The summed E-state index contributed by atoms with van der Waals surface area (Å²) in [6.07, 6.45) is -0.0991. The van der Waals surface area contributed by atoms with Gasteiger partial charge in [0.15, 0.2) is 0 Å². The molecule has 0 fully saturated rings. The molecule has 1 aromatic rings. The minimum Gasteiger partial charge on any atom is -0.444 e. The Labute approximate surface area is 163 Å². The molecule has 6 heteroatoms. The third-order valence-electron chi connectivity index (χ3n) is 4.36. The first-order valence-electron chi connectivity index (χ1n) is 9.44. The van der Waals surface area contributed by atoms with Gasteiger partial charge in [0, 0.05) is 13.7 Å². The van der Waals surface area contributed by atoms with Crippen molar-refractivity contribution in [1.82, 2.24) is 10.6 Å². The fourth-order valence-electron chi connectivity index (χ4n) is 2.56. The smallest absolute Gasteiger partial charge is 0.408 e. The van der Waals surface area contributed by atoms with Crippen LogP contribution in [0.15, 0.2) is 24.3 Å². The Morgan fingerprint density at radius 1 is 1.15 bits per heavy atom. The molecular weight excluding hydrogens is 344 g/mol. The standard InChI is InChI=1S/C21H34N2O4/c1-8-15(3)18(23-20(25)27-21(4,5)6)19(24)22-13-17(26-7)16-11-9-14(2)10-12-16/h9-12,15,17-18H,8,13H2,1-7H3,(H,22,24)(H,23,25). The van der Waals surface area contributed by atoms with Crippen LogP contribution >= 0.6 is 0 Å². The number of ether oxygens (including phenoxy) is 2. The van der Waals surface area contributed by atoms with Gasteiger partial charge in [-0.2, -0.15) is 0 Å². The average molecular weight is 379 g/mol. The van der Waals surface area contributed by atoms with Crippen LogP contribution in [0.25, 0.3) is 0 Å². The fourth-order valence-corrected chi connectivity index (χ4v) is 2.56. The molecule has 0 aliphatic rings. The highest BCUT2D eigenvalue weighted by Crippen LogP contribution is 2.17. The minimum atomic E-state index is -0.666. The third-order valence-corrected chi connectivity index (χ3v) is 4.36. The van der Waals surface area contributed by atoms with Gasteiger partial charge in [0.25, 0.3) is 0 Å². The molecule has 1 rings (SSSR count). The van der Waals surface area contributed by atoms with Crippen molar-refractivity contribution in [1.29, 1.82) is 0 Å². The molecule has 0 spiro atoms. The van der Waals surface area contributed by atoms with Gasteiger partial charge in [-0.05, 0) is 39.2 Å². The SMILES string of the molecule is CCC(C)C(NC(=O)OC(C)(C)C)C(=O)NCC(OC)c1ccc(C)cc1. The van der Waals surface area contributed by atoms with Gasteiger partial charge in [0.05, 0.1) is 6.10 Å². The highest BCUT2D eigenvalue weighted by atomic mass is 16.6. The molecule has 27 heavy (non-hydrogen) atoms. The van der Waals surface area contributed by atoms with E-state index in [0.717, 1.165) is 17.5 Å². The van der Waals surface area contributed by atoms with Crippen LogP contribution in [0.5, 0.6) is 0 Å². The van der Waals surface area contributed by atoms with Crippen LogP contribution in [-0.2, 0) is 14.3 Å². The van der Waals surface area contributed by atoms with Gasteiger partial charge in [-0.3, -0.25) is 4.79 Å². The number of aryl methyl sites for hydroxylation is 1. The van der Waals surface area contributed by atoms with Crippen molar-refractivity contribution in [3.8, 4) is 0 Å². The second-order valence-corrected chi connectivity index (χ2v) is 7.89. The lowest BCUT2D eigenvalue weighted by Crippen LogP contribution is -2.52. The van der Waals surface area contributed by atoms with E-state index in [9.17, 15) is 9.59 Å². The maximum Gasteiger partial charge on any atom is 0.408 e. The maximum atomic E-state index is 12.7. The van der Waals surface area contributed by atoms with Crippen LogP contribution in [0.4, 0.5) is 4.79 Å². The molecule has 3 atom stereocenters. The molecule has 0 bridgehead atoms.